The first kappa shape index (κ1) is 23.5. The number of benzene rings is 3. The first-order valence-electron chi connectivity index (χ1n) is 10.1. The molecule has 32 heavy (non-hydrogen) atoms. The average molecular weight is 455 g/mol. The fourth-order valence-corrected chi connectivity index (χ4v) is 4.59. The van der Waals surface area contributed by atoms with Crippen molar-refractivity contribution in [2.24, 2.45) is 0 Å². The Morgan fingerprint density at radius 2 is 1.66 bits per heavy atom. The van der Waals surface area contributed by atoms with Crippen LogP contribution in [0.25, 0.3) is 0 Å². The van der Waals surface area contributed by atoms with Gasteiger partial charge in [-0.2, -0.15) is 0 Å². The lowest BCUT2D eigenvalue weighted by molar-refractivity contribution is -0.0761. The van der Waals surface area contributed by atoms with E-state index < -0.39 is 15.9 Å². The number of amides is 1. The predicted octanol–water partition coefficient (Wildman–Crippen LogP) is 4.02. The Kier molecular flexibility index (Phi) is 7.29. The maximum absolute atomic E-state index is 13.1. The Morgan fingerprint density at radius 3 is 2.28 bits per heavy atom. The normalized spacial score (nSPS) is 11.2. The van der Waals surface area contributed by atoms with Crippen molar-refractivity contribution in [1.29, 1.82) is 0 Å². The van der Waals surface area contributed by atoms with E-state index in [0.29, 0.717) is 24.3 Å². The first-order valence-corrected chi connectivity index (χ1v) is 11.6. The van der Waals surface area contributed by atoms with Crippen LogP contribution in [0.1, 0.15) is 39.5 Å². The van der Waals surface area contributed by atoms with Crippen molar-refractivity contribution >= 4 is 15.9 Å². The summed E-state index contributed by atoms with van der Waals surface area (Å²) in [5.41, 5.74) is 3.19. The summed E-state index contributed by atoms with van der Waals surface area (Å²) >= 11 is 0. The molecule has 3 rings (SSSR count). The molecule has 3 aromatic rings. The summed E-state index contributed by atoms with van der Waals surface area (Å²) in [6, 6.07) is 19.0. The number of rotatable bonds is 8. The van der Waals surface area contributed by atoms with Gasteiger partial charge in [0.1, 0.15) is 5.75 Å². The van der Waals surface area contributed by atoms with Crippen molar-refractivity contribution in [1.82, 2.24) is 10.0 Å². The van der Waals surface area contributed by atoms with Crippen molar-refractivity contribution in [2.75, 3.05) is 6.61 Å². The van der Waals surface area contributed by atoms with E-state index in [1.165, 1.54) is 6.07 Å². The number of hydrazine groups is 1. The summed E-state index contributed by atoms with van der Waals surface area (Å²) in [5, 5.41) is 10.2. The second-order valence-corrected chi connectivity index (χ2v) is 9.08. The van der Waals surface area contributed by atoms with Gasteiger partial charge in [-0.3, -0.25) is 10.0 Å². The third-order valence-corrected chi connectivity index (χ3v) is 6.13. The molecule has 0 radical (unpaired) electrons. The average Bonchev–Trinajstić information content (AvgIpc) is 2.73. The zero-order valence-electron chi connectivity index (χ0n) is 18.2. The molecule has 7 nitrogen and oxygen atoms in total. The molecule has 1 amide bonds. The number of sulfonamides is 1. The number of hydrogen-bond acceptors (Lipinski definition) is 5. The zero-order valence-corrected chi connectivity index (χ0v) is 19.0. The highest BCUT2D eigenvalue weighted by molar-refractivity contribution is 7.89. The SMILES string of the molecule is CCOc1ccc(S(=O)(=O)NN(O)C(=O)c2cc(C)cc(C)c2)c(Cc2ccccc2)c1. The van der Waals surface area contributed by atoms with Crippen LogP contribution in [0.2, 0.25) is 0 Å². The lowest BCUT2D eigenvalue weighted by atomic mass is 10.0. The lowest BCUT2D eigenvalue weighted by Gasteiger charge is -2.19. The molecule has 3 aromatic carbocycles. The van der Waals surface area contributed by atoms with E-state index in [0.717, 1.165) is 16.7 Å². The second-order valence-electron chi connectivity index (χ2n) is 7.45. The quantitative estimate of drug-likeness (QED) is 0.396. The minimum Gasteiger partial charge on any atom is -0.494 e. The summed E-state index contributed by atoms with van der Waals surface area (Å²) in [7, 11) is -4.27. The number of carbonyl (C=O) groups excluding carboxylic acids is 1. The van der Waals surface area contributed by atoms with Crippen molar-refractivity contribution in [2.45, 2.75) is 32.1 Å². The van der Waals surface area contributed by atoms with Gasteiger partial charge < -0.3 is 4.74 Å². The smallest absolute Gasteiger partial charge is 0.293 e. The van der Waals surface area contributed by atoms with Crippen LogP contribution >= 0.6 is 0 Å². The van der Waals surface area contributed by atoms with E-state index in [1.807, 2.05) is 62.0 Å². The molecule has 168 valence electrons. The van der Waals surface area contributed by atoms with Crippen molar-refractivity contribution < 1.29 is 23.2 Å². The standard InChI is InChI=1S/C24H26N2O5S/c1-4-31-22-10-11-23(20(16-22)15-19-8-6-5-7-9-19)32(29,30)25-26(28)24(27)21-13-17(2)12-18(3)14-21/h5-14,16,25,28H,4,15H2,1-3H3. The van der Waals surface area contributed by atoms with Gasteiger partial charge in [0, 0.05) is 5.56 Å². The van der Waals surface area contributed by atoms with Crippen LogP contribution < -0.4 is 9.57 Å². The van der Waals surface area contributed by atoms with Gasteiger partial charge in [-0.05, 0) is 68.7 Å². The maximum Gasteiger partial charge on any atom is 0.293 e. The van der Waals surface area contributed by atoms with Gasteiger partial charge in [-0.25, -0.2) is 8.42 Å². The number of carbonyl (C=O) groups is 1. The molecular formula is C24H26N2O5S. The molecule has 2 N–H and O–H groups in total. The Morgan fingerprint density at radius 1 is 1.00 bits per heavy atom. The Hall–Kier alpha value is -3.20. The second kappa shape index (κ2) is 9.95. The highest BCUT2D eigenvalue weighted by Gasteiger charge is 2.25. The van der Waals surface area contributed by atoms with E-state index >= 15 is 0 Å². The van der Waals surface area contributed by atoms with Crippen LogP contribution in [0.4, 0.5) is 0 Å². The molecule has 0 aromatic heterocycles. The molecule has 0 spiro atoms. The molecule has 0 heterocycles. The maximum atomic E-state index is 13.1. The third-order valence-electron chi connectivity index (χ3n) is 4.74. The van der Waals surface area contributed by atoms with E-state index in [4.69, 9.17) is 4.74 Å². The van der Waals surface area contributed by atoms with Crippen LogP contribution in [0.15, 0.2) is 71.6 Å². The first-order chi connectivity index (χ1) is 15.2. The molecule has 0 saturated carbocycles. The van der Waals surface area contributed by atoms with E-state index in [2.05, 4.69) is 0 Å². The Bertz CT molecular complexity index is 1190. The van der Waals surface area contributed by atoms with Gasteiger partial charge in [-0.1, -0.05) is 52.4 Å². The molecular weight excluding hydrogens is 428 g/mol. The molecule has 0 saturated heterocycles. The lowest BCUT2D eigenvalue weighted by Crippen LogP contribution is -2.44. The summed E-state index contributed by atoms with van der Waals surface area (Å²) in [6.07, 6.45) is 0.328. The topological polar surface area (TPSA) is 95.9 Å². The molecule has 0 fully saturated rings. The van der Waals surface area contributed by atoms with Gasteiger partial charge in [0.05, 0.1) is 11.5 Å². The molecule has 0 bridgehead atoms. The Labute approximate surface area is 188 Å². The summed E-state index contributed by atoms with van der Waals surface area (Å²) < 4.78 is 31.7. The minimum absolute atomic E-state index is 0.00625. The highest BCUT2D eigenvalue weighted by atomic mass is 32.2. The monoisotopic (exact) mass is 454 g/mol. The van der Waals surface area contributed by atoms with E-state index in [-0.39, 0.29) is 15.6 Å². The summed E-state index contributed by atoms with van der Waals surface area (Å²) in [6.45, 7) is 5.90. The molecule has 0 aliphatic heterocycles. The minimum atomic E-state index is -4.27. The number of aryl methyl sites for hydroxylation is 2. The third kappa shape index (κ3) is 5.73. The van der Waals surface area contributed by atoms with Crippen LogP contribution in [-0.4, -0.2) is 31.3 Å². The summed E-state index contributed by atoms with van der Waals surface area (Å²) in [5.74, 6) is -0.347. The number of nitrogens with one attached hydrogen (secondary N) is 1. The number of ether oxygens (including phenoxy) is 1. The summed E-state index contributed by atoms with van der Waals surface area (Å²) in [4.78, 5) is 14.5. The Balaban J connectivity index is 1.91. The van der Waals surface area contributed by atoms with Crippen molar-refractivity contribution in [3.05, 3.63) is 94.5 Å². The van der Waals surface area contributed by atoms with Gasteiger partial charge in [0.15, 0.2) is 0 Å². The van der Waals surface area contributed by atoms with E-state index in [9.17, 15) is 18.4 Å². The molecule has 0 aliphatic carbocycles. The predicted molar refractivity (Wildman–Crippen MR) is 121 cm³/mol. The van der Waals surface area contributed by atoms with Crippen LogP contribution in [0.3, 0.4) is 0 Å². The molecule has 0 unspecified atom stereocenters. The fourth-order valence-electron chi connectivity index (χ4n) is 3.45. The number of hydrogen-bond donors (Lipinski definition) is 2. The zero-order chi connectivity index (χ0) is 23.3. The van der Waals surface area contributed by atoms with Gasteiger partial charge >= 0.3 is 0 Å². The number of hydroxylamine groups is 1. The van der Waals surface area contributed by atoms with Gasteiger partial charge in [0.2, 0.25) is 0 Å². The number of nitrogens with zero attached hydrogens (tertiary/aromatic N) is 1. The highest BCUT2D eigenvalue weighted by Crippen LogP contribution is 2.25. The van der Waals surface area contributed by atoms with Crippen LogP contribution in [0, 0.1) is 13.8 Å². The van der Waals surface area contributed by atoms with Crippen molar-refractivity contribution in [3.8, 4) is 5.75 Å². The molecule has 0 atom stereocenters. The molecule has 8 heteroatoms. The van der Waals surface area contributed by atoms with Crippen molar-refractivity contribution in [3.63, 3.8) is 0 Å². The van der Waals surface area contributed by atoms with Gasteiger partial charge in [0.25, 0.3) is 15.9 Å². The largest absolute Gasteiger partial charge is 0.494 e. The van der Waals surface area contributed by atoms with Crippen LogP contribution in [-0.2, 0) is 16.4 Å². The van der Waals surface area contributed by atoms with Gasteiger partial charge in [-0.15, -0.1) is 5.17 Å². The fraction of sp³-hybridized carbons (Fsp3) is 0.208. The van der Waals surface area contributed by atoms with Crippen LogP contribution in [0.5, 0.6) is 5.75 Å². The van der Waals surface area contributed by atoms with E-state index in [1.54, 1.807) is 24.3 Å². The molecule has 0 aliphatic rings.